The number of nitrogens with zero attached hydrogens (tertiary/aromatic N) is 2. The molecule has 1 heterocycles. The second-order valence-electron chi connectivity index (χ2n) is 8.26. The molecule has 1 amide bonds. The number of rotatable bonds is 6. The highest BCUT2D eigenvalue weighted by Gasteiger charge is 2.35. The molecule has 1 aliphatic heterocycles. The highest BCUT2D eigenvalue weighted by atomic mass is 32.2. The molecule has 1 N–H and O–H groups in total. The van der Waals surface area contributed by atoms with E-state index in [0.717, 1.165) is 23.6 Å². The Morgan fingerprint density at radius 2 is 1.53 bits per heavy atom. The van der Waals surface area contributed by atoms with Crippen LogP contribution in [0.4, 0.5) is 5.69 Å². The van der Waals surface area contributed by atoms with E-state index in [1.165, 1.54) is 62.6 Å². The molecule has 3 rings (SSSR count). The lowest BCUT2D eigenvalue weighted by atomic mass is 10.0. The first-order valence-corrected chi connectivity index (χ1v) is 13.3. The Kier molecular flexibility index (Phi) is 7.09. The zero-order chi connectivity index (χ0) is 23.7. The second-order valence-corrected chi connectivity index (χ2v) is 12.3. The molecule has 8 nitrogen and oxygen atoms in total. The maximum atomic E-state index is 13.1. The molecule has 32 heavy (non-hydrogen) atoms. The van der Waals surface area contributed by atoms with Crippen LogP contribution in [0.25, 0.3) is 0 Å². The minimum atomic E-state index is -3.67. The summed E-state index contributed by atoms with van der Waals surface area (Å²) in [5.74, 6) is -0.491. The molecule has 174 valence electrons. The molecule has 2 aromatic carbocycles. The van der Waals surface area contributed by atoms with Gasteiger partial charge in [-0.15, -0.1) is 0 Å². The zero-order valence-electron chi connectivity index (χ0n) is 18.6. The third-order valence-electron chi connectivity index (χ3n) is 5.68. The minimum absolute atomic E-state index is 0.0152. The normalized spacial score (nSPS) is 20.3. The van der Waals surface area contributed by atoms with Gasteiger partial charge in [0.1, 0.15) is 0 Å². The Balaban J connectivity index is 1.79. The van der Waals surface area contributed by atoms with Crippen molar-refractivity contribution in [2.24, 2.45) is 0 Å². The van der Waals surface area contributed by atoms with Crippen molar-refractivity contribution in [3.05, 3.63) is 54.1 Å². The number of amides is 1. The molecule has 0 aromatic heterocycles. The molecule has 1 fully saturated rings. The highest BCUT2D eigenvalue weighted by Crippen LogP contribution is 2.30. The molecule has 0 aliphatic carbocycles. The molecule has 0 bridgehead atoms. The van der Waals surface area contributed by atoms with E-state index in [1.807, 2.05) is 13.8 Å². The lowest BCUT2D eigenvalue weighted by molar-refractivity contribution is 0.102. The van der Waals surface area contributed by atoms with Gasteiger partial charge in [0.25, 0.3) is 5.91 Å². The lowest BCUT2D eigenvalue weighted by Gasteiger charge is -2.37. The van der Waals surface area contributed by atoms with Crippen LogP contribution in [0.1, 0.15) is 43.5 Å². The standard InChI is InChI=1S/C22H29N3O5S2/c1-16-7-5-8-17(2)25(16)32(29,30)20-13-11-19(12-14-20)23-22(26)18-9-6-10-21(15-18)31(27,28)24(3)4/h6,9-17H,5,7-8H2,1-4H3,(H,23,26). The Morgan fingerprint density at radius 3 is 2.09 bits per heavy atom. The van der Waals surface area contributed by atoms with Gasteiger partial charge in [-0.25, -0.2) is 21.1 Å². The molecule has 10 heteroatoms. The van der Waals surface area contributed by atoms with Crippen molar-refractivity contribution in [2.45, 2.75) is 55.0 Å². The van der Waals surface area contributed by atoms with E-state index in [-0.39, 0.29) is 27.4 Å². The molecule has 2 atom stereocenters. The predicted molar refractivity (Wildman–Crippen MR) is 124 cm³/mol. The number of anilines is 1. The third-order valence-corrected chi connectivity index (χ3v) is 9.63. The second kappa shape index (κ2) is 9.30. The average Bonchev–Trinajstić information content (AvgIpc) is 2.74. The number of sulfonamides is 2. The third kappa shape index (κ3) is 4.88. The van der Waals surface area contributed by atoms with E-state index in [1.54, 1.807) is 4.31 Å². The number of nitrogens with one attached hydrogen (secondary N) is 1. The van der Waals surface area contributed by atoms with Crippen LogP contribution in [-0.4, -0.2) is 57.5 Å². The lowest BCUT2D eigenvalue weighted by Crippen LogP contribution is -2.47. The van der Waals surface area contributed by atoms with Gasteiger partial charge in [-0.05, 0) is 69.2 Å². The molecule has 0 radical (unpaired) electrons. The molecule has 0 spiro atoms. The molecule has 2 unspecified atom stereocenters. The summed E-state index contributed by atoms with van der Waals surface area (Å²) in [6.45, 7) is 3.85. The number of hydrogen-bond donors (Lipinski definition) is 1. The quantitative estimate of drug-likeness (QED) is 0.686. The zero-order valence-corrected chi connectivity index (χ0v) is 20.3. The number of carbonyl (C=O) groups excluding carboxylic acids is 1. The summed E-state index contributed by atoms with van der Waals surface area (Å²) in [7, 11) is -4.46. The van der Waals surface area contributed by atoms with Gasteiger partial charge in [-0.1, -0.05) is 12.5 Å². The topological polar surface area (TPSA) is 104 Å². The Hall–Kier alpha value is -2.27. The van der Waals surface area contributed by atoms with Crippen LogP contribution in [-0.2, 0) is 20.0 Å². The van der Waals surface area contributed by atoms with Crippen molar-refractivity contribution in [3.63, 3.8) is 0 Å². The Morgan fingerprint density at radius 1 is 0.938 bits per heavy atom. The van der Waals surface area contributed by atoms with Crippen molar-refractivity contribution in [1.29, 1.82) is 0 Å². The minimum Gasteiger partial charge on any atom is -0.322 e. The summed E-state index contributed by atoms with van der Waals surface area (Å²) in [5, 5.41) is 2.69. The molecular weight excluding hydrogens is 450 g/mol. The van der Waals surface area contributed by atoms with Gasteiger partial charge in [-0.3, -0.25) is 4.79 Å². The van der Waals surface area contributed by atoms with Gasteiger partial charge in [0.05, 0.1) is 9.79 Å². The maximum absolute atomic E-state index is 13.1. The summed E-state index contributed by atoms with van der Waals surface area (Å²) in [5.41, 5.74) is 0.593. The highest BCUT2D eigenvalue weighted by molar-refractivity contribution is 7.89. The van der Waals surface area contributed by atoms with E-state index in [2.05, 4.69) is 5.32 Å². The smallest absolute Gasteiger partial charge is 0.255 e. The summed E-state index contributed by atoms with van der Waals surface area (Å²) in [6, 6.07) is 11.6. The fraction of sp³-hybridized carbons (Fsp3) is 0.409. The predicted octanol–water partition coefficient (Wildman–Crippen LogP) is 3.14. The summed E-state index contributed by atoms with van der Waals surface area (Å²) in [6.07, 6.45) is 2.68. The number of benzene rings is 2. The Labute approximate surface area is 190 Å². The molecule has 1 saturated heterocycles. The van der Waals surface area contributed by atoms with E-state index < -0.39 is 26.0 Å². The fourth-order valence-electron chi connectivity index (χ4n) is 3.92. The van der Waals surface area contributed by atoms with E-state index >= 15 is 0 Å². The maximum Gasteiger partial charge on any atom is 0.255 e. The largest absolute Gasteiger partial charge is 0.322 e. The first-order chi connectivity index (χ1) is 14.9. The van der Waals surface area contributed by atoms with Gasteiger partial charge < -0.3 is 5.32 Å². The van der Waals surface area contributed by atoms with Crippen LogP contribution >= 0.6 is 0 Å². The fourth-order valence-corrected chi connectivity index (χ4v) is 6.75. The van der Waals surface area contributed by atoms with Crippen LogP contribution < -0.4 is 5.32 Å². The van der Waals surface area contributed by atoms with Gasteiger partial charge in [-0.2, -0.15) is 4.31 Å². The molecule has 1 aliphatic rings. The first-order valence-electron chi connectivity index (χ1n) is 10.4. The number of piperidine rings is 1. The summed E-state index contributed by atoms with van der Waals surface area (Å²) >= 11 is 0. The SMILES string of the molecule is CC1CCCC(C)N1S(=O)(=O)c1ccc(NC(=O)c2cccc(S(=O)(=O)N(C)C)c2)cc1. The van der Waals surface area contributed by atoms with Crippen molar-refractivity contribution in [3.8, 4) is 0 Å². The molecule has 0 saturated carbocycles. The van der Waals surface area contributed by atoms with Crippen LogP contribution in [0.3, 0.4) is 0 Å². The number of hydrogen-bond acceptors (Lipinski definition) is 5. The molecule has 2 aromatic rings. The van der Waals surface area contributed by atoms with Crippen molar-refractivity contribution in [1.82, 2.24) is 8.61 Å². The summed E-state index contributed by atoms with van der Waals surface area (Å²) < 4.78 is 53.5. The average molecular weight is 480 g/mol. The summed E-state index contributed by atoms with van der Waals surface area (Å²) in [4.78, 5) is 12.8. The van der Waals surface area contributed by atoms with Gasteiger partial charge in [0.2, 0.25) is 20.0 Å². The van der Waals surface area contributed by atoms with E-state index in [9.17, 15) is 21.6 Å². The Bertz CT molecular complexity index is 1180. The monoisotopic (exact) mass is 479 g/mol. The van der Waals surface area contributed by atoms with Crippen molar-refractivity contribution < 1.29 is 21.6 Å². The van der Waals surface area contributed by atoms with Crippen LogP contribution in [0.15, 0.2) is 58.3 Å². The first kappa shape index (κ1) is 24.4. The van der Waals surface area contributed by atoms with Crippen molar-refractivity contribution >= 4 is 31.6 Å². The molecular formula is C22H29N3O5S2. The van der Waals surface area contributed by atoms with E-state index in [0.29, 0.717) is 5.69 Å². The van der Waals surface area contributed by atoms with Crippen LogP contribution in [0.2, 0.25) is 0 Å². The number of carbonyl (C=O) groups is 1. The van der Waals surface area contributed by atoms with Gasteiger partial charge in [0.15, 0.2) is 0 Å². The van der Waals surface area contributed by atoms with E-state index in [4.69, 9.17) is 0 Å². The van der Waals surface area contributed by atoms with Crippen LogP contribution in [0.5, 0.6) is 0 Å². The van der Waals surface area contributed by atoms with Gasteiger partial charge in [0, 0.05) is 37.4 Å². The van der Waals surface area contributed by atoms with Gasteiger partial charge >= 0.3 is 0 Å². The van der Waals surface area contributed by atoms with Crippen LogP contribution in [0, 0.1) is 0 Å². The van der Waals surface area contributed by atoms with Crippen molar-refractivity contribution in [2.75, 3.05) is 19.4 Å².